The Balaban J connectivity index is 3.48. The second kappa shape index (κ2) is 6.15. The molecule has 0 bridgehead atoms. The van der Waals surface area contributed by atoms with Crippen LogP contribution in [0.3, 0.4) is 0 Å². The van der Waals surface area contributed by atoms with Crippen LogP contribution in [0.5, 0.6) is 0 Å². The van der Waals surface area contributed by atoms with Crippen LogP contribution < -0.4 is 0 Å². The van der Waals surface area contributed by atoms with Crippen molar-refractivity contribution in [2.45, 2.75) is 38.7 Å². The summed E-state index contributed by atoms with van der Waals surface area (Å²) in [6, 6.07) is 0. The summed E-state index contributed by atoms with van der Waals surface area (Å²) in [5, 5.41) is 0. The first kappa shape index (κ1) is 11.6. The molecule has 3 heteroatoms. The lowest BCUT2D eigenvalue weighted by molar-refractivity contribution is 0.0691. The molecule has 0 N–H and O–H groups in total. The fourth-order valence-corrected chi connectivity index (χ4v) is 1.50. The average molecular weight is 197 g/mol. The standard InChI is InChI=1S/C8H17ClOS/c1-5-11-7(4)10-8(9)6(2)3/h6-8H,5H2,1-4H3. The zero-order valence-corrected chi connectivity index (χ0v) is 9.21. The van der Waals surface area contributed by atoms with Gasteiger partial charge in [-0.3, -0.25) is 0 Å². The van der Waals surface area contributed by atoms with Gasteiger partial charge in [0.2, 0.25) is 0 Å². The van der Waals surface area contributed by atoms with Gasteiger partial charge in [-0.05, 0) is 18.6 Å². The van der Waals surface area contributed by atoms with Gasteiger partial charge in [-0.15, -0.1) is 11.8 Å². The predicted molar refractivity (Wildman–Crippen MR) is 53.2 cm³/mol. The Hall–Kier alpha value is 0.600. The fourth-order valence-electron chi connectivity index (χ4n) is 0.614. The van der Waals surface area contributed by atoms with Crippen LogP contribution in [0.1, 0.15) is 27.7 Å². The molecule has 2 atom stereocenters. The van der Waals surface area contributed by atoms with Gasteiger partial charge in [0.15, 0.2) is 0 Å². The molecule has 0 aliphatic rings. The zero-order chi connectivity index (χ0) is 8.85. The molecule has 0 aromatic carbocycles. The molecule has 0 fully saturated rings. The minimum Gasteiger partial charge on any atom is -0.349 e. The molecule has 0 rings (SSSR count). The van der Waals surface area contributed by atoms with E-state index in [-0.39, 0.29) is 11.0 Å². The van der Waals surface area contributed by atoms with Crippen molar-refractivity contribution < 1.29 is 4.74 Å². The van der Waals surface area contributed by atoms with Crippen LogP contribution in [0.15, 0.2) is 0 Å². The van der Waals surface area contributed by atoms with Crippen LogP contribution in [0.4, 0.5) is 0 Å². The van der Waals surface area contributed by atoms with Crippen molar-refractivity contribution in [2.24, 2.45) is 5.92 Å². The van der Waals surface area contributed by atoms with Crippen molar-refractivity contribution in [1.29, 1.82) is 0 Å². The molecule has 68 valence electrons. The highest BCUT2D eigenvalue weighted by atomic mass is 35.5. The lowest BCUT2D eigenvalue weighted by Crippen LogP contribution is -2.17. The highest BCUT2D eigenvalue weighted by Gasteiger charge is 2.13. The third-order valence-electron chi connectivity index (χ3n) is 1.25. The van der Waals surface area contributed by atoms with Crippen molar-refractivity contribution in [2.75, 3.05) is 5.75 Å². The summed E-state index contributed by atoms with van der Waals surface area (Å²) in [5.74, 6) is 1.46. The summed E-state index contributed by atoms with van der Waals surface area (Å²) in [6.07, 6.45) is 0. The smallest absolute Gasteiger partial charge is 0.134 e. The van der Waals surface area contributed by atoms with E-state index in [1.54, 1.807) is 11.8 Å². The predicted octanol–water partition coefficient (Wildman–Crippen LogP) is 3.32. The van der Waals surface area contributed by atoms with Crippen LogP contribution in [-0.2, 0) is 4.74 Å². The van der Waals surface area contributed by atoms with E-state index in [0.717, 1.165) is 5.75 Å². The topological polar surface area (TPSA) is 9.23 Å². The second-order valence-corrected chi connectivity index (χ2v) is 4.76. The summed E-state index contributed by atoms with van der Waals surface area (Å²) in [7, 11) is 0. The fraction of sp³-hybridized carbons (Fsp3) is 1.00. The van der Waals surface area contributed by atoms with Gasteiger partial charge >= 0.3 is 0 Å². The molecule has 0 radical (unpaired) electrons. The first-order valence-electron chi connectivity index (χ1n) is 3.99. The Bertz CT molecular complexity index is 98.1. The average Bonchev–Trinajstić information content (AvgIpc) is 1.87. The quantitative estimate of drug-likeness (QED) is 0.493. The van der Waals surface area contributed by atoms with Crippen molar-refractivity contribution in [3.8, 4) is 0 Å². The number of halogens is 1. The van der Waals surface area contributed by atoms with E-state index in [0.29, 0.717) is 5.92 Å². The number of ether oxygens (including phenoxy) is 1. The Morgan fingerprint density at radius 1 is 1.36 bits per heavy atom. The molecule has 0 saturated carbocycles. The monoisotopic (exact) mass is 196 g/mol. The number of hydrogen-bond donors (Lipinski definition) is 0. The molecule has 0 spiro atoms. The Labute approximate surface area is 78.8 Å². The van der Waals surface area contributed by atoms with E-state index in [1.807, 2.05) is 6.92 Å². The zero-order valence-electron chi connectivity index (χ0n) is 7.63. The largest absolute Gasteiger partial charge is 0.349 e. The minimum atomic E-state index is -0.149. The van der Waals surface area contributed by atoms with E-state index >= 15 is 0 Å². The molecule has 1 nitrogen and oxygen atoms in total. The molecule has 11 heavy (non-hydrogen) atoms. The normalized spacial score (nSPS) is 16.9. The van der Waals surface area contributed by atoms with E-state index < -0.39 is 0 Å². The maximum Gasteiger partial charge on any atom is 0.134 e. The summed E-state index contributed by atoms with van der Waals surface area (Å²) in [4.78, 5) is 0. The molecular formula is C8H17ClOS. The van der Waals surface area contributed by atoms with Crippen LogP contribution in [-0.4, -0.2) is 16.8 Å². The Morgan fingerprint density at radius 2 is 1.91 bits per heavy atom. The number of thioether (sulfide) groups is 1. The van der Waals surface area contributed by atoms with Crippen molar-refractivity contribution >= 4 is 23.4 Å². The van der Waals surface area contributed by atoms with Gasteiger partial charge in [-0.1, -0.05) is 32.4 Å². The maximum atomic E-state index is 5.91. The minimum absolute atomic E-state index is 0.149. The Kier molecular flexibility index (Phi) is 6.49. The van der Waals surface area contributed by atoms with Crippen molar-refractivity contribution in [3.63, 3.8) is 0 Å². The molecule has 0 heterocycles. The second-order valence-electron chi connectivity index (χ2n) is 2.75. The van der Waals surface area contributed by atoms with Gasteiger partial charge in [0.25, 0.3) is 0 Å². The maximum absolute atomic E-state index is 5.91. The number of hydrogen-bond acceptors (Lipinski definition) is 2. The lowest BCUT2D eigenvalue weighted by Gasteiger charge is -2.19. The van der Waals surface area contributed by atoms with Crippen LogP contribution in [0.25, 0.3) is 0 Å². The van der Waals surface area contributed by atoms with Gasteiger partial charge in [0, 0.05) is 0 Å². The number of alkyl halides is 1. The van der Waals surface area contributed by atoms with Crippen LogP contribution >= 0.6 is 23.4 Å². The molecule has 0 aliphatic carbocycles. The molecule has 0 aromatic rings. The molecular weight excluding hydrogens is 180 g/mol. The van der Waals surface area contributed by atoms with E-state index in [1.165, 1.54) is 0 Å². The van der Waals surface area contributed by atoms with E-state index in [9.17, 15) is 0 Å². The van der Waals surface area contributed by atoms with E-state index in [2.05, 4.69) is 20.8 Å². The van der Waals surface area contributed by atoms with Crippen molar-refractivity contribution in [3.05, 3.63) is 0 Å². The van der Waals surface area contributed by atoms with Gasteiger partial charge in [-0.25, -0.2) is 0 Å². The summed E-state index contributed by atoms with van der Waals surface area (Å²) >= 11 is 7.68. The SMILES string of the molecule is CCSC(C)OC(Cl)C(C)C. The summed E-state index contributed by atoms with van der Waals surface area (Å²) in [6.45, 7) is 8.26. The van der Waals surface area contributed by atoms with E-state index in [4.69, 9.17) is 16.3 Å². The lowest BCUT2D eigenvalue weighted by atomic mass is 10.2. The summed E-state index contributed by atoms with van der Waals surface area (Å²) < 4.78 is 5.48. The van der Waals surface area contributed by atoms with Crippen LogP contribution in [0, 0.1) is 5.92 Å². The number of rotatable bonds is 5. The molecule has 0 saturated heterocycles. The molecule has 2 unspecified atom stereocenters. The molecule has 0 amide bonds. The highest BCUT2D eigenvalue weighted by Crippen LogP contribution is 2.19. The Morgan fingerprint density at radius 3 is 2.27 bits per heavy atom. The van der Waals surface area contributed by atoms with Gasteiger partial charge in [-0.2, -0.15) is 0 Å². The first-order valence-corrected chi connectivity index (χ1v) is 5.47. The van der Waals surface area contributed by atoms with Crippen molar-refractivity contribution in [1.82, 2.24) is 0 Å². The molecule has 0 aromatic heterocycles. The third kappa shape index (κ3) is 5.83. The first-order chi connectivity index (χ1) is 5.07. The van der Waals surface area contributed by atoms with Gasteiger partial charge in [0.1, 0.15) is 11.0 Å². The van der Waals surface area contributed by atoms with Gasteiger partial charge in [0.05, 0.1) is 0 Å². The summed E-state index contributed by atoms with van der Waals surface area (Å²) in [5.41, 5.74) is 0.0638. The third-order valence-corrected chi connectivity index (χ3v) is 2.77. The molecule has 0 aliphatic heterocycles. The van der Waals surface area contributed by atoms with Gasteiger partial charge < -0.3 is 4.74 Å². The highest BCUT2D eigenvalue weighted by molar-refractivity contribution is 7.99. The van der Waals surface area contributed by atoms with Crippen LogP contribution in [0.2, 0.25) is 0 Å².